The molecule has 2 aromatic carbocycles. The molecular weight excluding hydrogens is 430 g/mol. The molecule has 0 saturated carbocycles. The Hall–Kier alpha value is -2.55. The normalized spacial score (nSPS) is 19.0. The maximum atomic E-state index is 13.6. The number of aryl methyl sites for hydroxylation is 1. The van der Waals surface area contributed by atoms with Crippen LogP contribution in [0.25, 0.3) is 0 Å². The smallest absolute Gasteiger partial charge is 0.222 e. The summed E-state index contributed by atoms with van der Waals surface area (Å²) in [5.41, 5.74) is 8.72. The maximum absolute atomic E-state index is 13.6. The molecule has 1 unspecified atom stereocenters. The Kier molecular flexibility index (Phi) is 7.02. The van der Waals surface area contributed by atoms with Gasteiger partial charge >= 0.3 is 0 Å². The molecule has 4 rings (SSSR count). The Balaban J connectivity index is 0.00000256. The molecule has 0 spiro atoms. The van der Waals surface area contributed by atoms with E-state index >= 15 is 0 Å². The average molecular weight is 453 g/mol. The number of benzene rings is 2. The number of hydrogen-bond donors (Lipinski definition) is 2. The van der Waals surface area contributed by atoms with Crippen molar-refractivity contribution < 1.29 is 9.13 Å². The highest BCUT2D eigenvalue weighted by molar-refractivity contribution is 6.31. The van der Waals surface area contributed by atoms with Gasteiger partial charge in [-0.1, -0.05) is 29.3 Å². The number of morpholine rings is 1. The van der Waals surface area contributed by atoms with Gasteiger partial charge in [0.2, 0.25) is 18.2 Å². The predicted molar refractivity (Wildman–Crippen MR) is 121 cm³/mol. The summed E-state index contributed by atoms with van der Waals surface area (Å²) in [6.07, 6.45) is -0.574. The van der Waals surface area contributed by atoms with Gasteiger partial charge in [-0.25, -0.2) is 9.38 Å². The predicted octanol–water partition coefficient (Wildman–Crippen LogP) is 3.43. The summed E-state index contributed by atoms with van der Waals surface area (Å²) in [4.78, 5) is 13.1. The summed E-state index contributed by atoms with van der Waals surface area (Å²) in [7, 11) is 0. The standard InChI is InChI=1S/C20H22ClFN6O.ClH/c1-13-2-5-15(6-3-13)28-19(24-14-4-7-17(22)16(21)12-14)25-18(23)26-20(28)27-8-10-29-11-9-27;/h2-7,12,19,24H,8-11H2,1H3,(H2,23,25);1H. The SMILES string of the molecule is Cc1ccc(N2C(N3CCOCC3)=NC(N)=NC2Nc2ccc(F)c(Cl)c2)cc1.Cl. The molecule has 1 atom stereocenters. The monoisotopic (exact) mass is 452 g/mol. The van der Waals surface area contributed by atoms with Crippen molar-refractivity contribution in [3.8, 4) is 0 Å². The summed E-state index contributed by atoms with van der Waals surface area (Å²) in [5.74, 6) is 0.380. The number of rotatable bonds is 3. The van der Waals surface area contributed by atoms with Crippen LogP contribution in [0.3, 0.4) is 0 Å². The van der Waals surface area contributed by atoms with E-state index in [1.54, 1.807) is 6.07 Å². The van der Waals surface area contributed by atoms with Crippen molar-refractivity contribution in [3.63, 3.8) is 0 Å². The van der Waals surface area contributed by atoms with Gasteiger partial charge in [0.1, 0.15) is 5.82 Å². The number of guanidine groups is 2. The highest BCUT2D eigenvalue weighted by Crippen LogP contribution is 2.26. The number of aliphatic imine (C=N–C) groups is 2. The van der Waals surface area contributed by atoms with E-state index in [-0.39, 0.29) is 23.4 Å². The lowest BCUT2D eigenvalue weighted by Gasteiger charge is -2.41. The van der Waals surface area contributed by atoms with Crippen molar-refractivity contribution in [2.24, 2.45) is 15.7 Å². The Morgan fingerprint density at radius 1 is 1.17 bits per heavy atom. The third kappa shape index (κ3) is 4.77. The number of halogens is 3. The fourth-order valence-corrected chi connectivity index (χ4v) is 3.44. The van der Waals surface area contributed by atoms with Crippen LogP contribution in [0.5, 0.6) is 0 Å². The molecule has 0 radical (unpaired) electrons. The molecule has 2 aromatic rings. The average Bonchev–Trinajstić information content (AvgIpc) is 2.72. The van der Waals surface area contributed by atoms with E-state index in [1.807, 2.05) is 36.1 Å². The first-order valence-corrected chi connectivity index (χ1v) is 9.71. The van der Waals surface area contributed by atoms with Crippen LogP contribution < -0.4 is 16.0 Å². The third-order valence-corrected chi connectivity index (χ3v) is 5.04. The van der Waals surface area contributed by atoms with E-state index in [0.29, 0.717) is 38.0 Å². The molecule has 2 aliphatic rings. The zero-order valence-corrected chi connectivity index (χ0v) is 18.0. The molecule has 3 N–H and O–H groups in total. The largest absolute Gasteiger partial charge is 0.378 e. The van der Waals surface area contributed by atoms with E-state index < -0.39 is 12.1 Å². The molecule has 0 bridgehead atoms. The van der Waals surface area contributed by atoms with E-state index in [4.69, 9.17) is 22.1 Å². The molecule has 2 heterocycles. The molecule has 1 fully saturated rings. The van der Waals surface area contributed by atoms with Gasteiger partial charge in [-0.05, 0) is 37.3 Å². The Morgan fingerprint density at radius 3 is 2.53 bits per heavy atom. The van der Waals surface area contributed by atoms with E-state index in [1.165, 1.54) is 12.1 Å². The minimum Gasteiger partial charge on any atom is -0.378 e. The van der Waals surface area contributed by atoms with Gasteiger partial charge < -0.3 is 20.7 Å². The van der Waals surface area contributed by atoms with Gasteiger partial charge in [0.05, 0.1) is 18.2 Å². The van der Waals surface area contributed by atoms with Gasteiger partial charge in [-0.15, -0.1) is 12.4 Å². The lowest BCUT2D eigenvalue weighted by atomic mass is 10.2. The first-order valence-electron chi connectivity index (χ1n) is 9.33. The van der Waals surface area contributed by atoms with Gasteiger partial charge in [-0.2, -0.15) is 4.99 Å². The molecule has 7 nitrogen and oxygen atoms in total. The minimum atomic E-state index is -0.574. The number of ether oxygens (including phenoxy) is 1. The number of nitrogens with one attached hydrogen (secondary N) is 1. The van der Waals surface area contributed by atoms with Crippen LogP contribution in [0.1, 0.15) is 5.56 Å². The number of hydrogen-bond acceptors (Lipinski definition) is 7. The van der Waals surface area contributed by atoms with Crippen molar-refractivity contribution in [3.05, 3.63) is 58.9 Å². The van der Waals surface area contributed by atoms with Crippen LogP contribution in [0, 0.1) is 12.7 Å². The number of nitrogens with zero attached hydrogens (tertiary/aromatic N) is 4. The van der Waals surface area contributed by atoms with Crippen molar-refractivity contribution in [2.45, 2.75) is 13.2 Å². The van der Waals surface area contributed by atoms with Gasteiger partial charge in [0.15, 0.2) is 0 Å². The first-order chi connectivity index (χ1) is 14.0. The summed E-state index contributed by atoms with van der Waals surface area (Å²) in [5, 5.41) is 3.31. The Morgan fingerprint density at radius 2 is 1.87 bits per heavy atom. The molecule has 1 saturated heterocycles. The summed E-state index contributed by atoms with van der Waals surface area (Å²) < 4.78 is 19.0. The van der Waals surface area contributed by atoms with E-state index in [9.17, 15) is 4.39 Å². The van der Waals surface area contributed by atoms with Gasteiger partial charge in [0.25, 0.3) is 0 Å². The zero-order valence-electron chi connectivity index (χ0n) is 16.4. The Labute approximate surface area is 185 Å². The van der Waals surface area contributed by atoms with Crippen LogP contribution in [0.4, 0.5) is 15.8 Å². The van der Waals surface area contributed by atoms with Crippen molar-refractivity contribution >= 4 is 47.3 Å². The van der Waals surface area contributed by atoms with Crippen LogP contribution >= 0.6 is 24.0 Å². The van der Waals surface area contributed by atoms with Crippen molar-refractivity contribution in [1.82, 2.24) is 4.90 Å². The fraction of sp³-hybridized carbons (Fsp3) is 0.300. The third-order valence-electron chi connectivity index (χ3n) is 4.75. The molecule has 0 aliphatic carbocycles. The Bertz CT molecular complexity index is 947. The molecule has 30 heavy (non-hydrogen) atoms. The second-order valence-corrected chi connectivity index (χ2v) is 7.26. The van der Waals surface area contributed by atoms with Crippen molar-refractivity contribution in [1.29, 1.82) is 0 Å². The van der Waals surface area contributed by atoms with E-state index in [0.717, 1.165) is 11.3 Å². The minimum absolute atomic E-state index is 0. The summed E-state index contributed by atoms with van der Waals surface area (Å²) >= 11 is 5.95. The molecule has 10 heteroatoms. The van der Waals surface area contributed by atoms with Crippen LogP contribution in [-0.4, -0.2) is 49.4 Å². The molecule has 0 aromatic heterocycles. The van der Waals surface area contributed by atoms with Crippen LogP contribution in [-0.2, 0) is 4.74 Å². The fourth-order valence-electron chi connectivity index (χ4n) is 3.26. The summed E-state index contributed by atoms with van der Waals surface area (Å²) in [6, 6.07) is 12.5. The molecule has 0 amide bonds. The van der Waals surface area contributed by atoms with Crippen molar-refractivity contribution in [2.75, 3.05) is 36.5 Å². The molecule has 160 valence electrons. The highest BCUT2D eigenvalue weighted by atomic mass is 35.5. The number of nitrogens with two attached hydrogens (primary N) is 1. The highest BCUT2D eigenvalue weighted by Gasteiger charge is 2.32. The second kappa shape index (κ2) is 9.51. The van der Waals surface area contributed by atoms with Gasteiger partial charge in [0, 0.05) is 24.5 Å². The molecule has 2 aliphatic heterocycles. The maximum Gasteiger partial charge on any atom is 0.222 e. The first kappa shape index (κ1) is 22.1. The van der Waals surface area contributed by atoms with Crippen LogP contribution in [0.2, 0.25) is 5.02 Å². The lowest BCUT2D eigenvalue weighted by molar-refractivity contribution is 0.0671. The zero-order chi connectivity index (χ0) is 20.4. The quantitative estimate of drug-likeness (QED) is 0.745. The van der Waals surface area contributed by atoms with Gasteiger partial charge in [-0.3, -0.25) is 4.90 Å². The topological polar surface area (TPSA) is 78.5 Å². The molecular formula is C20H23Cl2FN6O. The summed E-state index contributed by atoms with van der Waals surface area (Å²) in [6.45, 7) is 4.66. The van der Waals surface area contributed by atoms with E-state index in [2.05, 4.69) is 20.2 Å². The lowest BCUT2D eigenvalue weighted by Crippen LogP contribution is -2.57. The van der Waals surface area contributed by atoms with Crippen LogP contribution in [0.15, 0.2) is 52.4 Å². The second-order valence-electron chi connectivity index (χ2n) is 6.85. The number of anilines is 2.